The molecule has 1 aliphatic rings. The van der Waals surface area contributed by atoms with Gasteiger partial charge in [0.15, 0.2) is 0 Å². The van der Waals surface area contributed by atoms with E-state index in [-0.39, 0.29) is 11.3 Å². The van der Waals surface area contributed by atoms with Crippen LogP contribution in [-0.4, -0.2) is 52.8 Å². The molecule has 1 atom stereocenters. The zero-order valence-electron chi connectivity index (χ0n) is 26.1. The first-order chi connectivity index (χ1) is 21.9. The van der Waals surface area contributed by atoms with Gasteiger partial charge in [-0.05, 0) is 92.6 Å². The zero-order valence-corrected chi connectivity index (χ0v) is 26.1. The van der Waals surface area contributed by atoms with Gasteiger partial charge in [0.2, 0.25) is 0 Å². The minimum atomic E-state index is -0.765. The first-order valence-corrected chi connectivity index (χ1v) is 15.5. The topological polar surface area (TPSA) is 79.3 Å². The third-order valence-electron chi connectivity index (χ3n) is 8.11. The minimum Gasteiger partial charge on any atom is -0.507 e. The van der Waals surface area contributed by atoms with Gasteiger partial charge >= 0.3 is 0 Å². The molecule has 0 saturated carbocycles. The van der Waals surface area contributed by atoms with Crippen LogP contribution in [0, 0.1) is 6.92 Å². The highest BCUT2D eigenvalue weighted by atomic mass is 16.5. The van der Waals surface area contributed by atoms with Gasteiger partial charge in [-0.1, -0.05) is 74.0 Å². The molecule has 0 aromatic heterocycles. The Morgan fingerprint density at radius 1 is 0.822 bits per heavy atom. The van der Waals surface area contributed by atoms with Gasteiger partial charge in [-0.3, -0.25) is 9.59 Å². The van der Waals surface area contributed by atoms with Crippen LogP contribution in [0.15, 0.2) is 109 Å². The Kier molecular flexibility index (Phi) is 10.3. The van der Waals surface area contributed by atoms with Crippen molar-refractivity contribution in [1.29, 1.82) is 0 Å². The van der Waals surface area contributed by atoms with Crippen LogP contribution in [-0.2, 0) is 16.2 Å². The molecule has 1 fully saturated rings. The normalized spacial score (nSPS) is 15.9. The number of likely N-dealkylation sites (tertiary alicyclic amines) is 1. The summed E-state index contributed by atoms with van der Waals surface area (Å²) in [5.41, 5.74) is 3.41. The third-order valence-corrected chi connectivity index (χ3v) is 8.11. The predicted octanol–water partition coefficient (Wildman–Crippen LogP) is 7.52. The Labute approximate surface area is 265 Å². The summed E-state index contributed by atoms with van der Waals surface area (Å²) >= 11 is 0. The van der Waals surface area contributed by atoms with Crippen molar-refractivity contribution in [3.8, 4) is 17.2 Å². The average molecular weight is 605 g/mol. The van der Waals surface area contributed by atoms with E-state index in [1.807, 2.05) is 85.8 Å². The average Bonchev–Trinajstić information content (AvgIpc) is 3.32. The largest absolute Gasteiger partial charge is 0.507 e. The summed E-state index contributed by atoms with van der Waals surface area (Å²) in [6, 6.07) is 31.1. The van der Waals surface area contributed by atoms with Crippen LogP contribution in [0.4, 0.5) is 0 Å². The molecule has 7 heteroatoms. The summed E-state index contributed by atoms with van der Waals surface area (Å²) in [6.45, 7) is 9.64. The van der Waals surface area contributed by atoms with Gasteiger partial charge < -0.3 is 24.4 Å². The van der Waals surface area contributed by atoms with Crippen LogP contribution in [0.3, 0.4) is 0 Å². The molecule has 1 unspecified atom stereocenters. The fourth-order valence-corrected chi connectivity index (χ4v) is 5.55. The maximum Gasteiger partial charge on any atom is 0.295 e. The van der Waals surface area contributed by atoms with Gasteiger partial charge in [0.1, 0.15) is 29.6 Å². The Morgan fingerprint density at radius 2 is 1.51 bits per heavy atom. The van der Waals surface area contributed by atoms with Gasteiger partial charge in [0.05, 0.1) is 11.6 Å². The lowest BCUT2D eigenvalue weighted by Gasteiger charge is -2.27. The Morgan fingerprint density at radius 3 is 2.20 bits per heavy atom. The summed E-state index contributed by atoms with van der Waals surface area (Å²) in [5, 5.41) is 11.6. The van der Waals surface area contributed by atoms with E-state index in [1.165, 1.54) is 5.56 Å². The molecular formula is C38H40N2O5. The number of Topliss-reactive ketones (excluding diaryl/α,β-unsaturated/α-hetero) is 1. The number of benzene rings is 4. The summed E-state index contributed by atoms with van der Waals surface area (Å²) in [4.78, 5) is 30.9. The molecule has 1 heterocycles. The molecule has 1 aliphatic heterocycles. The van der Waals surface area contributed by atoms with Crippen molar-refractivity contribution in [1.82, 2.24) is 9.80 Å². The van der Waals surface area contributed by atoms with Crippen molar-refractivity contribution in [2.24, 2.45) is 0 Å². The van der Waals surface area contributed by atoms with Crippen LogP contribution >= 0.6 is 0 Å². The first-order valence-electron chi connectivity index (χ1n) is 15.5. The third kappa shape index (κ3) is 7.62. The number of ketones is 1. The second-order valence-electron chi connectivity index (χ2n) is 11.2. The molecule has 0 spiro atoms. The number of hydrogen-bond acceptors (Lipinski definition) is 6. The molecule has 5 rings (SSSR count). The lowest BCUT2D eigenvalue weighted by atomic mass is 9.95. The van der Waals surface area contributed by atoms with Crippen molar-refractivity contribution < 1.29 is 24.2 Å². The van der Waals surface area contributed by atoms with Crippen LogP contribution < -0.4 is 9.47 Å². The van der Waals surface area contributed by atoms with Gasteiger partial charge in [0, 0.05) is 12.1 Å². The van der Waals surface area contributed by atoms with Crippen LogP contribution in [0.25, 0.3) is 5.76 Å². The number of nitrogens with zero attached hydrogens (tertiary/aromatic N) is 2. The Balaban J connectivity index is 1.44. The first kappa shape index (κ1) is 31.5. The number of aryl methyl sites for hydroxylation is 1. The number of rotatable bonds is 13. The molecule has 4 aromatic carbocycles. The van der Waals surface area contributed by atoms with E-state index in [0.29, 0.717) is 47.9 Å². The number of amides is 1. The molecule has 4 aromatic rings. The van der Waals surface area contributed by atoms with Crippen molar-refractivity contribution in [3.63, 3.8) is 0 Å². The summed E-state index contributed by atoms with van der Waals surface area (Å²) in [6.07, 6.45) is 0.693. The molecule has 0 radical (unpaired) electrons. The highest BCUT2D eigenvalue weighted by molar-refractivity contribution is 6.46. The second-order valence-corrected chi connectivity index (χ2v) is 11.2. The van der Waals surface area contributed by atoms with E-state index < -0.39 is 17.7 Å². The van der Waals surface area contributed by atoms with Gasteiger partial charge in [-0.15, -0.1) is 0 Å². The van der Waals surface area contributed by atoms with E-state index in [1.54, 1.807) is 29.2 Å². The van der Waals surface area contributed by atoms with E-state index in [4.69, 9.17) is 9.47 Å². The highest BCUT2D eigenvalue weighted by Crippen LogP contribution is 2.41. The number of ether oxygens (including phenoxy) is 2. The molecular weight excluding hydrogens is 564 g/mol. The van der Waals surface area contributed by atoms with E-state index in [0.717, 1.165) is 25.2 Å². The van der Waals surface area contributed by atoms with Crippen LogP contribution in [0.1, 0.15) is 48.6 Å². The maximum atomic E-state index is 13.6. The Bertz CT molecular complexity index is 1630. The fourth-order valence-electron chi connectivity index (χ4n) is 5.55. The number of carbonyl (C=O) groups excluding carboxylic acids is 2. The highest BCUT2D eigenvalue weighted by Gasteiger charge is 2.46. The quantitative estimate of drug-likeness (QED) is 0.0966. The molecule has 1 N–H and O–H groups in total. The second kappa shape index (κ2) is 14.7. The van der Waals surface area contributed by atoms with Crippen molar-refractivity contribution in [3.05, 3.63) is 131 Å². The van der Waals surface area contributed by atoms with Crippen LogP contribution in [0.5, 0.6) is 17.2 Å². The lowest BCUT2D eigenvalue weighted by Crippen LogP contribution is -2.33. The number of para-hydroxylation sites is 1. The van der Waals surface area contributed by atoms with Crippen molar-refractivity contribution in [2.75, 3.05) is 26.2 Å². The van der Waals surface area contributed by atoms with E-state index in [9.17, 15) is 14.7 Å². The number of aliphatic hydroxyl groups is 1. The van der Waals surface area contributed by atoms with Gasteiger partial charge in [-0.2, -0.15) is 0 Å². The van der Waals surface area contributed by atoms with Crippen LogP contribution in [0.2, 0.25) is 0 Å². The monoisotopic (exact) mass is 604 g/mol. The lowest BCUT2D eigenvalue weighted by molar-refractivity contribution is -0.140. The van der Waals surface area contributed by atoms with E-state index in [2.05, 4.69) is 18.7 Å². The molecule has 1 saturated heterocycles. The fraction of sp³-hybridized carbons (Fsp3) is 0.263. The van der Waals surface area contributed by atoms with Gasteiger partial charge in [0.25, 0.3) is 11.7 Å². The Hall–Kier alpha value is -4.88. The number of hydrogen-bond donors (Lipinski definition) is 1. The summed E-state index contributed by atoms with van der Waals surface area (Å²) < 4.78 is 12.0. The zero-order chi connectivity index (χ0) is 31.8. The van der Waals surface area contributed by atoms with E-state index >= 15 is 0 Å². The summed E-state index contributed by atoms with van der Waals surface area (Å²) in [5.74, 6) is 0.341. The van der Waals surface area contributed by atoms with Gasteiger partial charge in [-0.25, -0.2) is 0 Å². The molecule has 0 bridgehead atoms. The minimum absolute atomic E-state index is 0.0630. The molecule has 7 nitrogen and oxygen atoms in total. The number of carbonyl (C=O) groups is 2. The smallest absolute Gasteiger partial charge is 0.295 e. The molecule has 232 valence electrons. The SMILES string of the molecule is CCN(CC)CCCN1C(=O)C(=O)C(=C(O)c2ccc(OCc3ccc(C)cc3)cc2)C1c1cccc(Oc2ccccc2)c1. The van der Waals surface area contributed by atoms with Crippen molar-refractivity contribution in [2.45, 2.75) is 39.8 Å². The number of aliphatic hydroxyl groups excluding tert-OH is 1. The standard InChI is InChI=1S/C38H40N2O5/c1-4-39(5-2)23-10-24-40-35(30-11-9-14-33(25-30)45-32-12-7-6-8-13-32)34(37(42)38(40)43)36(41)29-19-21-31(22-20-29)44-26-28-17-15-27(3)16-18-28/h6-9,11-22,25,35,41H,4-5,10,23-24,26H2,1-3H3. The summed E-state index contributed by atoms with van der Waals surface area (Å²) in [7, 11) is 0. The molecule has 0 aliphatic carbocycles. The predicted molar refractivity (Wildman–Crippen MR) is 176 cm³/mol. The molecule has 1 amide bonds. The van der Waals surface area contributed by atoms with Crippen molar-refractivity contribution >= 4 is 17.4 Å². The maximum absolute atomic E-state index is 13.6. The molecule has 45 heavy (non-hydrogen) atoms.